The van der Waals surface area contributed by atoms with Gasteiger partial charge in [-0.05, 0) is 37.1 Å². The largest absolute Gasteiger partial charge is 0.467 e. The molecule has 1 saturated heterocycles. The van der Waals surface area contributed by atoms with E-state index in [1.165, 1.54) is 23.2 Å². The molecule has 1 aromatic rings. The molecule has 116 valence electrons. The first-order valence-corrected chi connectivity index (χ1v) is 9.13. The van der Waals surface area contributed by atoms with Gasteiger partial charge >= 0.3 is 5.97 Å². The average molecular weight is 350 g/mol. The summed E-state index contributed by atoms with van der Waals surface area (Å²) < 4.78 is 31.5. The molecule has 1 unspecified atom stereocenters. The molecule has 1 atom stereocenters. The first-order valence-electron chi connectivity index (χ1n) is 6.27. The van der Waals surface area contributed by atoms with Crippen molar-refractivity contribution in [3.05, 3.63) is 28.3 Å². The summed E-state index contributed by atoms with van der Waals surface area (Å²) in [6, 6.07) is 3.17. The highest BCUT2D eigenvalue weighted by Crippen LogP contribution is 2.33. The zero-order chi connectivity index (χ0) is 15.8. The zero-order valence-electron chi connectivity index (χ0n) is 11.9. The van der Waals surface area contributed by atoms with Crippen LogP contribution in [0.5, 0.6) is 0 Å². The molecule has 1 fully saturated rings. The number of sulfonamides is 1. The summed E-state index contributed by atoms with van der Waals surface area (Å²) in [4.78, 5) is 11.9. The Balaban J connectivity index is 2.47. The zero-order valence-corrected chi connectivity index (χ0v) is 14.3. The van der Waals surface area contributed by atoms with Gasteiger partial charge in [0.15, 0.2) is 5.37 Å². The fourth-order valence-corrected chi connectivity index (χ4v) is 5.75. The topological polar surface area (TPSA) is 63.7 Å². The maximum Gasteiger partial charge on any atom is 0.334 e. The molecule has 0 radical (unpaired) electrons. The second-order valence-corrected chi connectivity index (χ2v) is 8.18. The van der Waals surface area contributed by atoms with Crippen LogP contribution in [0, 0.1) is 13.8 Å². The van der Waals surface area contributed by atoms with Crippen molar-refractivity contribution in [2.45, 2.75) is 24.1 Å². The van der Waals surface area contributed by atoms with Crippen molar-refractivity contribution >= 4 is 39.4 Å². The quantitative estimate of drug-likeness (QED) is 0.783. The van der Waals surface area contributed by atoms with E-state index in [1.54, 1.807) is 26.0 Å². The van der Waals surface area contributed by atoms with E-state index in [1.807, 2.05) is 0 Å². The molecular formula is C13H16ClNO4S2. The SMILES string of the molecule is COC(=O)C1SCCN1S(=O)(=O)c1cc(C)c(Cl)cc1C. The van der Waals surface area contributed by atoms with Gasteiger partial charge in [-0.2, -0.15) is 4.31 Å². The van der Waals surface area contributed by atoms with Crippen LogP contribution in [0.15, 0.2) is 17.0 Å². The summed E-state index contributed by atoms with van der Waals surface area (Å²) in [6.45, 7) is 3.72. The lowest BCUT2D eigenvalue weighted by Gasteiger charge is -2.22. The standard InChI is InChI=1S/C13H16ClNO4S2/c1-8-7-11(9(2)6-10(8)14)21(17,18)15-4-5-20-12(15)13(16)19-3/h6-7,12H,4-5H2,1-3H3. The first-order chi connectivity index (χ1) is 9.78. The Morgan fingerprint density at radius 3 is 2.67 bits per heavy atom. The number of hydrogen-bond donors (Lipinski definition) is 0. The summed E-state index contributed by atoms with van der Waals surface area (Å²) in [7, 11) is -2.51. The number of methoxy groups -OCH3 is 1. The molecule has 0 aliphatic carbocycles. The van der Waals surface area contributed by atoms with Crippen LogP contribution >= 0.6 is 23.4 Å². The number of carbonyl (C=O) groups is 1. The highest BCUT2D eigenvalue weighted by molar-refractivity contribution is 8.02. The number of nitrogens with zero attached hydrogens (tertiary/aromatic N) is 1. The Morgan fingerprint density at radius 1 is 1.38 bits per heavy atom. The van der Waals surface area contributed by atoms with Gasteiger partial charge in [0, 0.05) is 17.3 Å². The number of halogens is 1. The fourth-order valence-electron chi connectivity index (χ4n) is 2.15. The van der Waals surface area contributed by atoms with E-state index in [-0.39, 0.29) is 11.4 Å². The van der Waals surface area contributed by atoms with Crippen LogP contribution in [0.1, 0.15) is 11.1 Å². The molecule has 1 aliphatic heterocycles. The number of aryl methyl sites for hydroxylation is 2. The van der Waals surface area contributed by atoms with Crippen molar-refractivity contribution in [1.82, 2.24) is 4.31 Å². The lowest BCUT2D eigenvalue weighted by Crippen LogP contribution is -2.40. The van der Waals surface area contributed by atoms with Gasteiger partial charge in [-0.25, -0.2) is 13.2 Å². The summed E-state index contributed by atoms with van der Waals surface area (Å²) in [6.07, 6.45) is 0. The van der Waals surface area contributed by atoms with E-state index < -0.39 is 21.4 Å². The number of ether oxygens (including phenoxy) is 1. The molecule has 5 nitrogen and oxygen atoms in total. The van der Waals surface area contributed by atoms with E-state index in [0.29, 0.717) is 21.9 Å². The Kier molecular flexibility index (Phi) is 4.87. The molecular weight excluding hydrogens is 334 g/mol. The van der Waals surface area contributed by atoms with Crippen LogP contribution in [0.3, 0.4) is 0 Å². The lowest BCUT2D eigenvalue weighted by molar-refractivity contribution is -0.141. The van der Waals surface area contributed by atoms with Gasteiger partial charge in [-0.3, -0.25) is 0 Å². The van der Waals surface area contributed by atoms with Gasteiger partial charge in [0.2, 0.25) is 10.0 Å². The van der Waals surface area contributed by atoms with Crippen molar-refractivity contribution in [3.63, 3.8) is 0 Å². The van der Waals surface area contributed by atoms with Gasteiger partial charge in [0.05, 0.1) is 12.0 Å². The molecule has 21 heavy (non-hydrogen) atoms. The summed E-state index contributed by atoms with van der Waals surface area (Å²) in [5.74, 6) is 0.00867. The molecule has 0 spiro atoms. The van der Waals surface area contributed by atoms with Gasteiger partial charge in [-0.15, -0.1) is 11.8 Å². The summed E-state index contributed by atoms with van der Waals surface area (Å²) in [5.41, 5.74) is 1.24. The summed E-state index contributed by atoms with van der Waals surface area (Å²) >= 11 is 7.27. The molecule has 8 heteroatoms. The van der Waals surface area contributed by atoms with Crippen LogP contribution in [-0.4, -0.2) is 43.5 Å². The molecule has 0 saturated carbocycles. The molecule has 0 aromatic heterocycles. The first kappa shape index (κ1) is 16.6. The highest BCUT2D eigenvalue weighted by atomic mass is 35.5. The fraction of sp³-hybridized carbons (Fsp3) is 0.462. The second-order valence-electron chi connectivity index (χ2n) is 4.73. The van der Waals surface area contributed by atoms with Crippen LogP contribution in [0.4, 0.5) is 0 Å². The molecule has 0 bridgehead atoms. The number of hydrogen-bond acceptors (Lipinski definition) is 5. The van der Waals surface area contributed by atoms with Crippen molar-refractivity contribution in [2.24, 2.45) is 0 Å². The van der Waals surface area contributed by atoms with Gasteiger partial charge in [0.25, 0.3) is 0 Å². The monoisotopic (exact) mass is 349 g/mol. The van der Waals surface area contributed by atoms with E-state index in [0.717, 1.165) is 0 Å². The number of rotatable bonds is 3. The normalized spacial score (nSPS) is 19.7. The molecule has 1 heterocycles. The maximum absolute atomic E-state index is 12.8. The van der Waals surface area contributed by atoms with E-state index >= 15 is 0 Å². The van der Waals surface area contributed by atoms with Crippen molar-refractivity contribution < 1.29 is 17.9 Å². The van der Waals surface area contributed by atoms with Crippen molar-refractivity contribution in [3.8, 4) is 0 Å². The minimum Gasteiger partial charge on any atom is -0.467 e. The number of thioether (sulfide) groups is 1. The number of benzene rings is 1. The number of carbonyl (C=O) groups excluding carboxylic acids is 1. The third-order valence-corrected chi connectivity index (χ3v) is 7.02. The molecule has 1 aromatic carbocycles. The minimum atomic E-state index is -3.76. The van der Waals surface area contributed by atoms with Crippen LogP contribution in [0.25, 0.3) is 0 Å². The van der Waals surface area contributed by atoms with E-state index in [4.69, 9.17) is 11.6 Å². The lowest BCUT2D eigenvalue weighted by atomic mass is 10.2. The van der Waals surface area contributed by atoms with Crippen LogP contribution < -0.4 is 0 Å². The minimum absolute atomic E-state index is 0.181. The van der Waals surface area contributed by atoms with Gasteiger partial charge in [-0.1, -0.05) is 11.6 Å². The molecule has 0 amide bonds. The Bertz CT molecular complexity index is 675. The third-order valence-electron chi connectivity index (χ3n) is 3.29. The predicted octanol–water partition coefficient (Wildman–Crippen LogP) is 2.19. The maximum atomic E-state index is 12.8. The van der Waals surface area contributed by atoms with Crippen molar-refractivity contribution in [1.29, 1.82) is 0 Å². The second kappa shape index (κ2) is 6.16. The van der Waals surface area contributed by atoms with Crippen molar-refractivity contribution in [2.75, 3.05) is 19.4 Å². The number of esters is 1. The van der Waals surface area contributed by atoms with Gasteiger partial charge < -0.3 is 4.74 Å². The predicted molar refractivity (Wildman–Crippen MR) is 83.1 cm³/mol. The Hall–Kier alpha value is -0.760. The van der Waals surface area contributed by atoms with Crippen LogP contribution in [0.2, 0.25) is 5.02 Å². The average Bonchev–Trinajstić information content (AvgIpc) is 2.91. The third kappa shape index (κ3) is 3.06. The molecule has 0 N–H and O–H groups in total. The highest BCUT2D eigenvalue weighted by Gasteiger charge is 2.41. The van der Waals surface area contributed by atoms with Crippen LogP contribution in [-0.2, 0) is 19.6 Å². The Morgan fingerprint density at radius 2 is 2.05 bits per heavy atom. The Labute approximate surface area is 133 Å². The molecule has 1 aliphatic rings. The van der Waals surface area contributed by atoms with Gasteiger partial charge in [0.1, 0.15) is 0 Å². The molecule has 2 rings (SSSR count). The van der Waals surface area contributed by atoms with E-state index in [2.05, 4.69) is 4.74 Å². The van der Waals surface area contributed by atoms with E-state index in [9.17, 15) is 13.2 Å². The summed E-state index contributed by atoms with van der Waals surface area (Å²) in [5, 5.41) is -0.304. The smallest absolute Gasteiger partial charge is 0.334 e.